The third-order valence-corrected chi connectivity index (χ3v) is 12.7. The third-order valence-electron chi connectivity index (χ3n) is 7.65. The smallest absolute Gasteiger partial charge is 0.267 e. The third kappa shape index (κ3) is 4.86. The Morgan fingerprint density at radius 1 is 0.923 bits per heavy atom. The van der Waals surface area contributed by atoms with Crippen molar-refractivity contribution in [2.75, 3.05) is 20.3 Å². The van der Waals surface area contributed by atoms with Gasteiger partial charge in [-0.2, -0.15) is 0 Å². The molecule has 2 heterocycles. The van der Waals surface area contributed by atoms with Crippen LogP contribution in [-0.4, -0.2) is 56.9 Å². The first-order valence-corrected chi connectivity index (χ1v) is 15.2. The van der Waals surface area contributed by atoms with E-state index in [9.17, 15) is 9.59 Å². The largest absolute Gasteiger partial charge is 0.497 e. The van der Waals surface area contributed by atoms with Crippen molar-refractivity contribution in [3.8, 4) is 5.75 Å². The van der Waals surface area contributed by atoms with E-state index in [0.29, 0.717) is 6.54 Å². The van der Waals surface area contributed by atoms with E-state index in [1.807, 2.05) is 66.7 Å². The first-order valence-electron chi connectivity index (χ1n) is 13.3. The van der Waals surface area contributed by atoms with Crippen LogP contribution < -0.4 is 15.1 Å². The number of carbonyl (C=O) groups excluding carboxylic acids is 2. The fourth-order valence-corrected chi connectivity index (χ4v) is 10.3. The number of likely N-dealkylation sites (tertiary alicyclic amines) is 1. The van der Waals surface area contributed by atoms with Crippen LogP contribution in [0.5, 0.6) is 5.75 Å². The summed E-state index contributed by atoms with van der Waals surface area (Å²) in [6, 6.07) is 28.2. The van der Waals surface area contributed by atoms with Crippen LogP contribution in [0.15, 0.2) is 97.1 Å². The maximum absolute atomic E-state index is 13.5. The normalized spacial score (nSPS) is 21.2. The van der Waals surface area contributed by atoms with Gasteiger partial charge in [0, 0.05) is 6.54 Å². The minimum Gasteiger partial charge on any atom is -0.497 e. The van der Waals surface area contributed by atoms with Gasteiger partial charge in [-0.3, -0.25) is 9.59 Å². The summed E-state index contributed by atoms with van der Waals surface area (Å²) < 4.78 is 18.4. The molecule has 39 heavy (non-hydrogen) atoms. The first-order chi connectivity index (χ1) is 18.7. The number of ether oxygens (including phenoxy) is 2. The first kappa shape index (κ1) is 27.1. The van der Waals surface area contributed by atoms with Gasteiger partial charge in [0.15, 0.2) is 5.78 Å². The quantitative estimate of drug-likeness (QED) is 0.246. The van der Waals surface area contributed by atoms with Gasteiger partial charge >= 0.3 is 0 Å². The van der Waals surface area contributed by atoms with Crippen molar-refractivity contribution < 1.29 is 23.5 Å². The molecule has 202 valence electrons. The standard InChI is InChI=1S/C32H35NO5Si/c1-31(2,3)39(27-11-7-5-8-12-27,28-13-9-6-10-14-28)37-23-26-19-20-32(38-26)29(34)22-33(30(32)35)21-24-15-17-25(36-4)18-16-24/h5-20,26H,21-23H2,1-4H3/t26-,32-/m0/s1. The van der Waals surface area contributed by atoms with E-state index >= 15 is 0 Å². The van der Waals surface area contributed by atoms with Crippen LogP contribution in [0.25, 0.3) is 0 Å². The fraction of sp³-hybridized carbons (Fsp3) is 0.312. The van der Waals surface area contributed by atoms with Gasteiger partial charge in [0.05, 0.1) is 20.3 Å². The van der Waals surface area contributed by atoms with Crippen molar-refractivity contribution >= 4 is 30.4 Å². The highest BCUT2D eigenvalue weighted by Crippen LogP contribution is 2.38. The van der Waals surface area contributed by atoms with Crippen LogP contribution >= 0.6 is 0 Å². The molecule has 0 aliphatic carbocycles. The highest BCUT2D eigenvalue weighted by Gasteiger charge is 2.57. The number of amides is 1. The fourth-order valence-electron chi connectivity index (χ4n) is 5.69. The topological polar surface area (TPSA) is 65.1 Å². The maximum atomic E-state index is 13.5. The van der Waals surface area contributed by atoms with E-state index in [4.69, 9.17) is 13.9 Å². The molecule has 1 saturated heterocycles. The Hall–Kier alpha value is -3.52. The Morgan fingerprint density at radius 2 is 1.51 bits per heavy atom. The van der Waals surface area contributed by atoms with Crippen molar-refractivity contribution in [1.82, 2.24) is 4.90 Å². The summed E-state index contributed by atoms with van der Waals surface area (Å²) in [4.78, 5) is 28.2. The summed E-state index contributed by atoms with van der Waals surface area (Å²) in [6.45, 7) is 7.23. The molecule has 3 aromatic rings. The molecule has 0 unspecified atom stereocenters. The molecule has 2 aliphatic heterocycles. The van der Waals surface area contributed by atoms with E-state index in [2.05, 4.69) is 45.0 Å². The predicted molar refractivity (Wildman–Crippen MR) is 154 cm³/mol. The minimum atomic E-state index is -2.78. The predicted octanol–water partition coefficient (Wildman–Crippen LogP) is 3.88. The highest BCUT2D eigenvalue weighted by atomic mass is 28.4. The van der Waals surface area contributed by atoms with Crippen LogP contribution in [0.1, 0.15) is 26.3 Å². The van der Waals surface area contributed by atoms with Crippen LogP contribution in [0.4, 0.5) is 0 Å². The molecule has 1 amide bonds. The van der Waals surface area contributed by atoms with Crippen LogP contribution in [-0.2, 0) is 25.3 Å². The zero-order valence-electron chi connectivity index (χ0n) is 22.9. The minimum absolute atomic E-state index is 0.0114. The molecule has 5 rings (SSSR count). The summed E-state index contributed by atoms with van der Waals surface area (Å²) >= 11 is 0. The Bertz CT molecular complexity index is 1310. The molecule has 0 bridgehead atoms. The maximum Gasteiger partial charge on any atom is 0.267 e. The molecular weight excluding hydrogens is 506 g/mol. The second-order valence-electron chi connectivity index (χ2n) is 11.2. The number of benzene rings is 3. The number of nitrogens with zero attached hydrogens (tertiary/aromatic N) is 1. The second kappa shape index (κ2) is 10.6. The van der Waals surface area contributed by atoms with E-state index < -0.39 is 20.0 Å². The van der Waals surface area contributed by atoms with Gasteiger partial charge in [-0.25, -0.2) is 0 Å². The number of ketones is 1. The number of hydrogen-bond donors (Lipinski definition) is 0. The number of methoxy groups -OCH3 is 1. The molecule has 7 heteroatoms. The van der Waals surface area contributed by atoms with Crippen molar-refractivity contribution in [3.63, 3.8) is 0 Å². The monoisotopic (exact) mass is 541 g/mol. The number of hydrogen-bond acceptors (Lipinski definition) is 5. The summed E-state index contributed by atoms with van der Waals surface area (Å²) in [5, 5.41) is 2.14. The van der Waals surface area contributed by atoms with Crippen LogP contribution in [0.2, 0.25) is 5.04 Å². The van der Waals surface area contributed by atoms with E-state index in [1.54, 1.807) is 18.1 Å². The summed E-state index contributed by atoms with van der Waals surface area (Å²) in [7, 11) is -1.17. The Balaban J connectivity index is 1.36. The van der Waals surface area contributed by atoms with Crippen LogP contribution in [0, 0.1) is 0 Å². The molecule has 6 nitrogen and oxygen atoms in total. The lowest BCUT2D eigenvalue weighted by atomic mass is 10.0. The number of carbonyl (C=O) groups is 2. The van der Waals surface area contributed by atoms with Gasteiger partial charge < -0.3 is 18.8 Å². The zero-order valence-corrected chi connectivity index (χ0v) is 23.9. The zero-order chi connectivity index (χ0) is 27.7. The van der Waals surface area contributed by atoms with Gasteiger partial charge in [-0.15, -0.1) is 0 Å². The SMILES string of the molecule is COc1ccc(CN2CC(=O)[C@@]3(C=C[C@@H](CO[Si](c4ccccc4)(c4ccccc4)C(C)(C)C)O3)C2=O)cc1. The molecule has 0 saturated carbocycles. The number of Topliss-reactive ketones (excluding diaryl/α,β-unsaturated/α-hetero) is 1. The van der Waals surface area contributed by atoms with E-state index in [1.165, 1.54) is 10.4 Å². The molecule has 2 aliphatic rings. The lowest BCUT2D eigenvalue weighted by Gasteiger charge is -2.43. The van der Waals surface area contributed by atoms with Crippen LogP contribution in [0.3, 0.4) is 0 Å². The summed E-state index contributed by atoms with van der Waals surface area (Å²) in [5.41, 5.74) is -0.658. The Labute approximate surface area is 231 Å². The molecule has 3 aromatic carbocycles. The van der Waals surface area contributed by atoms with Gasteiger partial charge in [-0.05, 0) is 39.2 Å². The van der Waals surface area contributed by atoms with Crippen molar-refractivity contribution in [2.24, 2.45) is 0 Å². The van der Waals surface area contributed by atoms with Gasteiger partial charge in [-0.1, -0.05) is 99.6 Å². The van der Waals surface area contributed by atoms with Crippen molar-refractivity contribution in [2.45, 2.75) is 44.1 Å². The average molecular weight is 542 g/mol. The van der Waals surface area contributed by atoms with E-state index in [-0.39, 0.29) is 29.9 Å². The molecule has 0 aromatic heterocycles. The molecule has 1 fully saturated rings. The summed E-state index contributed by atoms with van der Waals surface area (Å²) in [5.74, 6) is 0.169. The molecule has 0 radical (unpaired) electrons. The lowest BCUT2D eigenvalue weighted by molar-refractivity contribution is -0.151. The van der Waals surface area contributed by atoms with Gasteiger partial charge in [0.1, 0.15) is 11.9 Å². The molecule has 2 atom stereocenters. The van der Waals surface area contributed by atoms with E-state index in [0.717, 1.165) is 11.3 Å². The Kier molecular flexibility index (Phi) is 7.33. The summed E-state index contributed by atoms with van der Waals surface area (Å²) in [6.07, 6.45) is 2.93. The average Bonchev–Trinajstić information content (AvgIpc) is 3.47. The Morgan fingerprint density at radius 3 is 2.05 bits per heavy atom. The second-order valence-corrected chi connectivity index (χ2v) is 15.5. The van der Waals surface area contributed by atoms with Crippen molar-refractivity contribution in [3.05, 3.63) is 103 Å². The lowest BCUT2D eigenvalue weighted by Crippen LogP contribution is -2.67. The van der Waals surface area contributed by atoms with Gasteiger partial charge in [0.25, 0.3) is 14.2 Å². The highest BCUT2D eigenvalue weighted by molar-refractivity contribution is 6.99. The van der Waals surface area contributed by atoms with Gasteiger partial charge in [0.2, 0.25) is 5.60 Å². The molecule has 0 N–H and O–H groups in total. The molecular formula is C32H35NO5Si. The molecule has 1 spiro atoms. The number of rotatable bonds is 8. The van der Waals surface area contributed by atoms with Crippen molar-refractivity contribution in [1.29, 1.82) is 0 Å².